The Hall–Kier alpha value is -1.89. The fraction of sp³-hybridized carbons (Fsp3) is 0.550. The number of halogens is 1. The molecule has 0 radical (unpaired) electrons. The van der Waals surface area contributed by atoms with Crippen molar-refractivity contribution in [2.24, 2.45) is 10.9 Å². The SMILES string of the molecule is CCC(CNC(=NC)NCCc1nc(C(C)C)no1)Cc1cccc(Br)c1. The number of hydrogen-bond donors (Lipinski definition) is 2. The van der Waals surface area contributed by atoms with Gasteiger partial charge in [-0.1, -0.05) is 60.4 Å². The van der Waals surface area contributed by atoms with Crippen molar-refractivity contribution in [2.45, 2.75) is 46.0 Å². The van der Waals surface area contributed by atoms with Crippen LogP contribution in [0.3, 0.4) is 0 Å². The molecule has 0 saturated heterocycles. The summed E-state index contributed by atoms with van der Waals surface area (Å²) in [5, 5.41) is 10.7. The molecule has 0 saturated carbocycles. The average molecular weight is 436 g/mol. The number of guanidine groups is 1. The first-order valence-electron chi connectivity index (χ1n) is 9.53. The third kappa shape index (κ3) is 7.33. The Morgan fingerprint density at radius 2 is 2.11 bits per heavy atom. The van der Waals surface area contributed by atoms with Gasteiger partial charge in [-0.05, 0) is 30.0 Å². The van der Waals surface area contributed by atoms with Crippen LogP contribution in [-0.2, 0) is 12.8 Å². The van der Waals surface area contributed by atoms with Crippen LogP contribution in [0.1, 0.15) is 50.4 Å². The van der Waals surface area contributed by atoms with Gasteiger partial charge in [0.1, 0.15) is 0 Å². The second-order valence-corrected chi connectivity index (χ2v) is 7.85. The zero-order valence-electron chi connectivity index (χ0n) is 16.6. The van der Waals surface area contributed by atoms with Crippen LogP contribution >= 0.6 is 15.9 Å². The lowest BCUT2D eigenvalue weighted by molar-refractivity contribution is 0.371. The summed E-state index contributed by atoms with van der Waals surface area (Å²) in [5.74, 6) is 3.03. The summed E-state index contributed by atoms with van der Waals surface area (Å²) in [7, 11) is 1.79. The molecule has 1 unspecified atom stereocenters. The molecule has 1 atom stereocenters. The fourth-order valence-electron chi connectivity index (χ4n) is 2.71. The maximum Gasteiger partial charge on any atom is 0.228 e. The van der Waals surface area contributed by atoms with Gasteiger partial charge in [0, 0.05) is 36.9 Å². The number of rotatable bonds is 9. The lowest BCUT2D eigenvalue weighted by Crippen LogP contribution is -2.40. The highest BCUT2D eigenvalue weighted by Crippen LogP contribution is 2.16. The van der Waals surface area contributed by atoms with Gasteiger partial charge in [0.15, 0.2) is 11.8 Å². The fourth-order valence-corrected chi connectivity index (χ4v) is 3.16. The molecule has 1 heterocycles. The standard InChI is InChI=1S/C20H30BrN5O/c1-5-15(11-16-7-6-8-17(21)12-16)13-24-20(22-4)23-10-9-18-25-19(14(2)3)26-27-18/h6-8,12,14-15H,5,9-11,13H2,1-4H3,(H2,22,23,24). The average Bonchev–Trinajstić information content (AvgIpc) is 3.12. The highest BCUT2D eigenvalue weighted by atomic mass is 79.9. The topological polar surface area (TPSA) is 75.3 Å². The minimum atomic E-state index is 0.279. The second-order valence-electron chi connectivity index (χ2n) is 6.94. The van der Waals surface area contributed by atoms with E-state index in [1.165, 1.54) is 5.56 Å². The highest BCUT2D eigenvalue weighted by Gasteiger charge is 2.11. The van der Waals surface area contributed by atoms with Crippen molar-refractivity contribution in [3.05, 3.63) is 46.0 Å². The second kappa shape index (κ2) is 11.1. The number of hydrogen-bond acceptors (Lipinski definition) is 4. The van der Waals surface area contributed by atoms with Gasteiger partial charge in [-0.15, -0.1) is 0 Å². The molecule has 2 N–H and O–H groups in total. The molecule has 148 valence electrons. The van der Waals surface area contributed by atoms with Gasteiger partial charge >= 0.3 is 0 Å². The lowest BCUT2D eigenvalue weighted by atomic mass is 9.97. The molecule has 1 aromatic carbocycles. The number of benzene rings is 1. The van der Waals surface area contributed by atoms with Crippen LogP contribution in [-0.4, -0.2) is 36.2 Å². The third-order valence-corrected chi connectivity index (χ3v) is 4.90. The number of aromatic nitrogens is 2. The first-order chi connectivity index (χ1) is 13.0. The summed E-state index contributed by atoms with van der Waals surface area (Å²) < 4.78 is 6.39. The monoisotopic (exact) mass is 435 g/mol. The van der Waals surface area contributed by atoms with E-state index in [0.717, 1.165) is 35.6 Å². The van der Waals surface area contributed by atoms with E-state index in [-0.39, 0.29) is 5.92 Å². The third-order valence-electron chi connectivity index (χ3n) is 4.40. The van der Waals surface area contributed by atoms with E-state index in [4.69, 9.17) is 4.52 Å². The summed E-state index contributed by atoms with van der Waals surface area (Å²) in [6.07, 6.45) is 2.83. The molecule has 6 nitrogen and oxygen atoms in total. The van der Waals surface area contributed by atoms with Crippen molar-refractivity contribution in [3.8, 4) is 0 Å². The maximum absolute atomic E-state index is 5.27. The molecule has 1 aromatic heterocycles. The zero-order chi connectivity index (χ0) is 19.6. The molecule has 27 heavy (non-hydrogen) atoms. The van der Waals surface area contributed by atoms with E-state index < -0.39 is 0 Å². The van der Waals surface area contributed by atoms with Gasteiger partial charge in [-0.25, -0.2) is 0 Å². The summed E-state index contributed by atoms with van der Waals surface area (Å²) in [5.41, 5.74) is 1.35. The van der Waals surface area contributed by atoms with E-state index in [9.17, 15) is 0 Å². The van der Waals surface area contributed by atoms with Gasteiger partial charge in [0.25, 0.3) is 0 Å². The Morgan fingerprint density at radius 1 is 1.30 bits per heavy atom. The molecular weight excluding hydrogens is 406 g/mol. The summed E-state index contributed by atoms with van der Waals surface area (Å²) in [6.45, 7) is 7.90. The van der Waals surface area contributed by atoms with Crippen LogP contribution in [0.2, 0.25) is 0 Å². The molecule has 0 aliphatic heterocycles. The quantitative estimate of drug-likeness (QED) is 0.460. The van der Waals surface area contributed by atoms with Crippen LogP contribution in [0.15, 0.2) is 38.3 Å². The number of nitrogens with one attached hydrogen (secondary N) is 2. The lowest BCUT2D eigenvalue weighted by Gasteiger charge is -2.18. The Bertz CT molecular complexity index is 729. The van der Waals surface area contributed by atoms with Gasteiger partial charge in [-0.2, -0.15) is 4.98 Å². The minimum Gasteiger partial charge on any atom is -0.356 e. The first kappa shape index (κ1) is 21.4. The molecule has 0 amide bonds. The normalized spacial score (nSPS) is 13.0. The number of nitrogens with zero attached hydrogens (tertiary/aromatic N) is 3. The Kier molecular flexibility index (Phi) is 8.78. The Balaban J connectivity index is 1.76. The maximum atomic E-state index is 5.27. The molecule has 0 fully saturated rings. The minimum absolute atomic E-state index is 0.279. The van der Waals surface area contributed by atoms with E-state index in [2.05, 4.69) is 86.7 Å². The van der Waals surface area contributed by atoms with Crippen LogP contribution < -0.4 is 10.6 Å². The van der Waals surface area contributed by atoms with Crippen LogP contribution in [0.4, 0.5) is 0 Å². The Morgan fingerprint density at radius 3 is 2.74 bits per heavy atom. The predicted octanol–water partition coefficient (Wildman–Crippen LogP) is 3.93. The smallest absolute Gasteiger partial charge is 0.228 e. The highest BCUT2D eigenvalue weighted by molar-refractivity contribution is 9.10. The molecule has 0 bridgehead atoms. The Labute approximate surface area is 170 Å². The van der Waals surface area contributed by atoms with E-state index in [1.807, 2.05) is 0 Å². The van der Waals surface area contributed by atoms with Crippen molar-refractivity contribution in [2.75, 3.05) is 20.1 Å². The molecule has 0 aliphatic rings. The molecular formula is C20H30BrN5O. The largest absolute Gasteiger partial charge is 0.356 e. The van der Waals surface area contributed by atoms with Gasteiger partial charge in [0.2, 0.25) is 5.89 Å². The number of aliphatic imine (C=N–C) groups is 1. The predicted molar refractivity (Wildman–Crippen MR) is 113 cm³/mol. The first-order valence-corrected chi connectivity index (χ1v) is 10.3. The molecule has 7 heteroatoms. The van der Waals surface area contributed by atoms with Crippen molar-refractivity contribution in [1.29, 1.82) is 0 Å². The van der Waals surface area contributed by atoms with Gasteiger partial charge in [-0.3, -0.25) is 4.99 Å². The van der Waals surface area contributed by atoms with Gasteiger partial charge in [0.05, 0.1) is 0 Å². The zero-order valence-corrected chi connectivity index (χ0v) is 18.2. The van der Waals surface area contributed by atoms with E-state index in [1.54, 1.807) is 7.05 Å². The summed E-state index contributed by atoms with van der Waals surface area (Å²) in [6, 6.07) is 8.51. The molecule has 0 aliphatic carbocycles. The van der Waals surface area contributed by atoms with Gasteiger partial charge < -0.3 is 15.2 Å². The van der Waals surface area contributed by atoms with E-state index >= 15 is 0 Å². The van der Waals surface area contributed by atoms with Crippen LogP contribution in [0.25, 0.3) is 0 Å². The summed E-state index contributed by atoms with van der Waals surface area (Å²) >= 11 is 3.54. The molecule has 0 spiro atoms. The molecule has 2 aromatic rings. The van der Waals surface area contributed by atoms with E-state index in [0.29, 0.717) is 24.8 Å². The van der Waals surface area contributed by atoms with Crippen LogP contribution in [0, 0.1) is 5.92 Å². The van der Waals surface area contributed by atoms with Crippen molar-refractivity contribution in [1.82, 2.24) is 20.8 Å². The van der Waals surface area contributed by atoms with Crippen molar-refractivity contribution < 1.29 is 4.52 Å². The van der Waals surface area contributed by atoms with Crippen molar-refractivity contribution >= 4 is 21.9 Å². The molecule has 2 rings (SSSR count). The van der Waals surface area contributed by atoms with Crippen LogP contribution in [0.5, 0.6) is 0 Å². The van der Waals surface area contributed by atoms with Crippen molar-refractivity contribution in [3.63, 3.8) is 0 Å². The summed E-state index contributed by atoms with van der Waals surface area (Å²) in [4.78, 5) is 8.69.